The van der Waals surface area contributed by atoms with E-state index in [4.69, 9.17) is 4.74 Å². The maximum Gasteiger partial charge on any atom is 0.331 e. The minimum atomic E-state index is -0.639. The number of benzene rings is 1. The maximum absolute atomic E-state index is 12.9. The lowest BCUT2D eigenvalue weighted by molar-refractivity contribution is -0.132. The van der Waals surface area contributed by atoms with Crippen LogP contribution in [0.2, 0.25) is 0 Å². The molecule has 6 nitrogen and oxygen atoms in total. The number of methoxy groups -OCH3 is 1. The largest absolute Gasteiger partial charge is 0.496 e. The van der Waals surface area contributed by atoms with E-state index < -0.39 is 17.8 Å². The smallest absolute Gasteiger partial charge is 0.331 e. The highest BCUT2D eigenvalue weighted by atomic mass is 16.5. The highest BCUT2D eigenvalue weighted by Gasteiger charge is 2.40. The van der Waals surface area contributed by atoms with Crippen LogP contribution in [0.5, 0.6) is 5.75 Å². The number of carbonyl (C=O) groups is 3. The molecule has 0 unspecified atom stereocenters. The highest BCUT2D eigenvalue weighted by molar-refractivity contribution is 6.31. The van der Waals surface area contributed by atoms with Crippen molar-refractivity contribution in [1.82, 2.24) is 10.2 Å². The predicted octanol–water partition coefficient (Wildman–Crippen LogP) is 3.11. The monoisotopic (exact) mass is 356 g/mol. The molecule has 2 fully saturated rings. The van der Waals surface area contributed by atoms with E-state index in [-0.39, 0.29) is 11.6 Å². The normalized spacial score (nSPS) is 20.5. The van der Waals surface area contributed by atoms with Gasteiger partial charge in [-0.1, -0.05) is 19.3 Å². The molecule has 1 aliphatic carbocycles. The van der Waals surface area contributed by atoms with Crippen LogP contribution >= 0.6 is 0 Å². The van der Waals surface area contributed by atoms with Crippen LogP contribution in [-0.4, -0.2) is 35.9 Å². The number of urea groups is 1. The van der Waals surface area contributed by atoms with E-state index in [0.717, 1.165) is 54.5 Å². The molecular weight excluding hydrogens is 332 g/mol. The van der Waals surface area contributed by atoms with Gasteiger partial charge in [-0.3, -0.25) is 19.8 Å². The van der Waals surface area contributed by atoms with Gasteiger partial charge in [-0.15, -0.1) is 0 Å². The van der Waals surface area contributed by atoms with E-state index in [1.165, 1.54) is 4.90 Å². The molecule has 1 aliphatic heterocycles. The number of amides is 4. The van der Waals surface area contributed by atoms with Gasteiger partial charge in [0.2, 0.25) is 0 Å². The number of nitrogens with zero attached hydrogens (tertiary/aromatic N) is 1. The average molecular weight is 356 g/mol. The molecular formula is C20H24N2O4. The Labute approximate surface area is 153 Å². The maximum atomic E-state index is 12.9. The number of ether oxygens (including phenoxy) is 1. The molecule has 0 aromatic heterocycles. The van der Waals surface area contributed by atoms with Crippen molar-refractivity contribution in [3.05, 3.63) is 34.4 Å². The number of aryl methyl sites for hydroxylation is 2. The molecule has 4 amide bonds. The third-order valence-electron chi connectivity index (χ3n) is 5.16. The van der Waals surface area contributed by atoms with Gasteiger partial charge in [0.25, 0.3) is 11.8 Å². The Morgan fingerprint density at radius 1 is 1.08 bits per heavy atom. The molecule has 1 aromatic carbocycles. The van der Waals surface area contributed by atoms with E-state index >= 15 is 0 Å². The first-order valence-corrected chi connectivity index (χ1v) is 8.98. The van der Waals surface area contributed by atoms with E-state index in [2.05, 4.69) is 5.32 Å². The fraction of sp³-hybridized carbons (Fsp3) is 0.450. The molecule has 1 N–H and O–H groups in total. The fourth-order valence-corrected chi connectivity index (χ4v) is 3.68. The summed E-state index contributed by atoms with van der Waals surface area (Å²) < 4.78 is 5.30. The molecule has 0 spiro atoms. The molecule has 1 heterocycles. The molecule has 1 aromatic rings. The number of nitrogens with one attached hydrogen (secondary N) is 1. The molecule has 0 atom stereocenters. The van der Waals surface area contributed by atoms with Crippen LogP contribution in [-0.2, 0) is 9.59 Å². The van der Waals surface area contributed by atoms with Crippen molar-refractivity contribution in [2.24, 2.45) is 0 Å². The van der Waals surface area contributed by atoms with Crippen molar-refractivity contribution in [3.63, 3.8) is 0 Å². The lowest BCUT2D eigenvalue weighted by Gasteiger charge is -2.35. The van der Waals surface area contributed by atoms with Crippen molar-refractivity contribution < 1.29 is 19.1 Å². The standard InChI is InChI=1S/C20H24N2O4/c1-12-10-17(26-3)13(2)9-14(12)11-16-18(23)21-20(25)22(19(16)24)15-7-5-4-6-8-15/h9-11,15H,4-8H2,1-3H3,(H,21,23,25). The van der Waals surface area contributed by atoms with Crippen molar-refractivity contribution in [3.8, 4) is 5.75 Å². The second-order valence-corrected chi connectivity index (χ2v) is 6.96. The number of imide groups is 2. The first kappa shape index (κ1) is 18.2. The van der Waals surface area contributed by atoms with Gasteiger partial charge in [-0.2, -0.15) is 0 Å². The molecule has 0 radical (unpaired) electrons. The Balaban J connectivity index is 1.96. The quantitative estimate of drug-likeness (QED) is 0.667. The van der Waals surface area contributed by atoms with Gasteiger partial charge in [0.15, 0.2) is 0 Å². The Kier molecular flexibility index (Phi) is 5.11. The van der Waals surface area contributed by atoms with Gasteiger partial charge < -0.3 is 4.74 Å². The third kappa shape index (κ3) is 3.36. The van der Waals surface area contributed by atoms with Crippen LogP contribution in [0.4, 0.5) is 4.79 Å². The lowest BCUT2D eigenvalue weighted by Crippen LogP contribution is -2.58. The number of hydrogen-bond acceptors (Lipinski definition) is 4. The SMILES string of the molecule is COc1cc(C)c(C=C2C(=O)NC(=O)N(C3CCCCC3)C2=O)cc1C. The molecule has 3 rings (SSSR count). The van der Waals surface area contributed by atoms with Gasteiger partial charge in [0.05, 0.1) is 7.11 Å². The summed E-state index contributed by atoms with van der Waals surface area (Å²) in [4.78, 5) is 38.7. The van der Waals surface area contributed by atoms with Crippen molar-refractivity contribution in [2.45, 2.75) is 52.0 Å². The molecule has 26 heavy (non-hydrogen) atoms. The summed E-state index contributed by atoms with van der Waals surface area (Å²) in [7, 11) is 1.60. The summed E-state index contributed by atoms with van der Waals surface area (Å²) in [5.41, 5.74) is 2.57. The summed E-state index contributed by atoms with van der Waals surface area (Å²) in [6, 6.07) is 3.01. The summed E-state index contributed by atoms with van der Waals surface area (Å²) >= 11 is 0. The number of rotatable bonds is 3. The van der Waals surface area contributed by atoms with E-state index in [0.29, 0.717) is 0 Å². The van der Waals surface area contributed by atoms with Crippen LogP contribution in [0.25, 0.3) is 6.08 Å². The van der Waals surface area contributed by atoms with Gasteiger partial charge in [-0.25, -0.2) is 4.79 Å². The number of carbonyl (C=O) groups excluding carboxylic acids is 3. The molecule has 0 bridgehead atoms. The van der Waals surface area contributed by atoms with Crippen molar-refractivity contribution >= 4 is 23.9 Å². The van der Waals surface area contributed by atoms with Gasteiger partial charge >= 0.3 is 6.03 Å². The summed E-state index contributed by atoms with van der Waals surface area (Å²) in [5, 5.41) is 2.32. The Morgan fingerprint density at radius 3 is 2.42 bits per heavy atom. The molecule has 1 saturated heterocycles. The molecule has 6 heteroatoms. The van der Waals surface area contributed by atoms with Gasteiger partial charge in [0.1, 0.15) is 11.3 Å². The van der Waals surface area contributed by atoms with Crippen molar-refractivity contribution in [2.75, 3.05) is 7.11 Å². The van der Waals surface area contributed by atoms with Crippen LogP contribution < -0.4 is 10.1 Å². The molecule has 2 aliphatic rings. The van der Waals surface area contributed by atoms with E-state index in [1.54, 1.807) is 13.2 Å². The molecule has 1 saturated carbocycles. The Bertz CT molecular complexity index is 791. The number of hydrogen-bond donors (Lipinski definition) is 1. The third-order valence-corrected chi connectivity index (χ3v) is 5.16. The zero-order chi connectivity index (χ0) is 18.8. The van der Waals surface area contributed by atoms with Crippen LogP contribution in [0.1, 0.15) is 48.8 Å². The lowest BCUT2D eigenvalue weighted by atomic mass is 9.93. The summed E-state index contributed by atoms with van der Waals surface area (Å²) in [6.07, 6.45) is 6.26. The summed E-state index contributed by atoms with van der Waals surface area (Å²) in [6.45, 7) is 3.80. The average Bonchev–Trinajstić information content (AvgIpc) is 2.61. The first-order chi connectivity index (χ1) is 12.4. The Morgan fingerprint density at radius 2 is 1.77 bits per heavy atom. The van der Waals surface area contributed by atoms with Crippen LogP contribution in [0.3, 0.4) is 0 Å². The van der Waals surface area contributed by atoms with Gasteiger partial charge in [0, 0.05) is 6.04 Å². The van der Waals surface area contributed by atoms with Crippen LogP contribution in [0, 0.1) is 13.8 Å². The molecule has 138 valence electrons. The van der Waals surface area contributed by atoms with E-state index in [9.17, 15) is 14.4 Å². The van der Waals surface area contributed by atoms with Gasteiger partial charge in [-0.05, 0) is 61.6 Å². The minimum Gasteiger partial charge on any atom is -0.496 e. The zero-order valence-corrected chi connectivity index (χ0v) is 15.4. The Hall–Kier alpha value is -2.63. The van der Waals surface area contributed by atoms with E-state index in [1.807, 2.05) is 26.0 Å². The fourth-order valence-electron chi connectivity index (χ4n) is 3.68. The second kappa shape index (κ2) is 7.32. The minimum absolute atomic E-state index is 0.00263. The zero-order valence-electron chi connectivity index (χ0n) is 15.4. The predicted molar refractivity (Wildman–Crippen MR) is 97.7 cm³/mol. The summed E-state index contributed by atoms with van der Waals surface area (Å²) in [5.74, 6) is -0.387. The highest BCUT2D eigenvalue weighted by Crippen LogP contribution is 2.28. The number of barbiturate groups is 1. The second-order valence-electron chi connectivity index (χ2n) is 6.96. The van der Waals surface area contributed by atoms with Crippen LogP contribution in [0.15, 0.2) is 17.7 Å². The topological polar surface area (TPSA) is 75.7 Å². The van der Waals surface area contributed by atoms with Crippen molar-refractivity contribution in [1.29, 1.82) is 0 Å². The first-order valence-electron chi connectivity index (χ1n) is 8.98.